The Bertz CT molecular complexity index is 1530. The molecule has 3 fully saturated rings. The lowest BCUT2D eigenvalue weighted by atomic mass is 10.0. The third-order valence-corrected chi connectivity index (χ3v) is 7.51. The molecule has 3 aliphatic heterocycles. The molecule has 11 heteroatoms. The summed E-state index contributed by atoms with van der Waals surface area (Å²) in [6.45, 7) is 0.744. The number of fused-ring (bicyclic) bond motifs is 2. The summed E-state index contributed by atoms with van der Waals surface area (Å²) in [5.74, 6) is -0.964. The van der Waals surface area contributed by atoms with Gasteiger partial charge >= 0.3 is 12.2 Å². The van der Waals surface area contributed by atoms with Gasteiger partial charge in [-0.2, -0.15) is 23.3 Å². The SMILES string of the molecule is N#Cc1ccc(N2C(=O)C3C[N@]4CC(C(=O)Nc5ccc(C(F)(F)F)cc5)[N+]3(C4)C2=O)c2ccccc12. The molecule has 186 valence electrons. The van der Waals surface area contributed by atoms with Gasteiger partial charge in [-0.05, 0) is 36.4 Å². The highest BCUT2D eigenvalue weighted by Gasteiger charge is 2.73. The summed E-state index contributed by atoms with van der Waals surface area (Å²) in [4.78, 5) is 43.9. The number of quaternary nitrogens is 1. The minimum Gasteiger partial charge on any atom is -0.321 e. The lowest BCUT2D eigenvalue weighted by Gasteiger charge is -2.32. The Labute approximate surface area is 208 Å². The van der Waals surface area contributed by atoms with Crippen molar-refractivity contribution in [3.63, 3.8) is 0 Å². The zero-order valence-corrected chi connectivity index (χ0v) is 19.2. The molecule has 37 heavy (non-hydrogen) atoms. The molecule has 3 aromatic carbocycles. The number of nitrogens with one attached hydrogen (secondary N) is 1. The third-order valence-electron chi connectivity index (χ3n) is 7.51. The number of alkyl halides is 3. The molecule has 3 saturated heterocycles. The zero-order valence-electron chi connectivity index (χ0n) is 19.2. The van der Waals surface area contributed by atoms with E-state index in [1.165, 1.54) is 0 Å². The van der Waals surface area contributed by atoms with Gasteiger partial charge in [0, 0.05) is 16.5 Å². The Kier molecular flexibility index (Phi) is 4.92. The van der Waals surface area contributed by atoms with E-state index in [1.807, 2.05) is 4.90 Å². The molecule has 0 aromatic heterocycles. The first kappa shape index (κ1) is 23.1. The normalized spacial score (nSPS) is 26.4. The van der Waals surface area contributed by atoms with E-state index in [0.717, 1.165) is 29.2 Å². The number of amides is 4. The predicted molar refractivity (Wildman–Crippen MR) is 126 cm³/mol. The molecular formula is C26H19F3N5O3+. The molecule has 3 unspecified atom stereocenters. The summed E-state index contributed by atoms with van der Waals surface area (Å²) in [6.07, 6.45) is -4.50. The molecule has 2 bridgehead atoms. The standard InChI is InChI=1S/C26H18F3N5O3/c27-26(28,29)16-6-8-17(9-7-16)31-23(35)21-12-32-13-22-24(36)33(25(37)34(21,22)14-32)20-10-5-15(11-30)18-3-1-2-4-19(18)20/h1-10,21-22H,12-14H2/p+1. The van der Waals surface area contributed by atoms with Crippen molar-refractivity contribution in [2.24, 2.45) is 0 Å². The van der Waals surface area contributed by atoms with E-state index in [1.54, 1.807) is 36.4 Å². The number of nitrogens with zero attached hydrogens (tertiary/aromatic N) is 4. The average Bonchev–Trinajstić information content (AvgIpc) is 3.51. The zero-order chi connectivity index (χ0) is 26.1. The first-order valence-electron chi connectivity index (χ1n) is 11.5. The van der Waals surface area contributed by atoms with Crippen molar-refractivity contribution in [2.45, 2.75) is 18.3 Å². The summed E-state index contributed by atoms with van der Waals surface area (Å²) in [5.41, 5.74) is 0.0893. The molecule has 3 aromatic rings. The highest BCUT2D eigenvalue weighted by Crippen LogP contribution is 2.45. The number of carbonyl (C=O) groups excluding carboxylic acids is 3. The molecule has 4 atom stereocenters. The maximum Gasteiger partial charge on any atom is 0.433 e. The van der Waals surface area contributed by atoms with Gasteiger partial charge < -0.3 is 5.32 Å². The molecular weight excluding hydrogens is 487 g/mol. The fraction of sp³-hybridized carbons (Fsp3) is 0.231. The van der Waals surface area contributed by atoms with E-state index in [9.17, 15) is 32.8 Å². The summed E-state index contributed by atoms with van der Waals surface area (Å²) in [6, 6.07) is 14.1. The van der Waals surface area contributed by atoms with E-state index in [2.05, 4.69) is 11.4 Å². The van der Waals surface area contributed by atoms with Crippen molar-refractivity contribution in [3.05, 3.63) is 71.8 Å². The molecule has 1 N–H and O–H groups in total. The van der Waals surface area contributed by atoms with E-state index in [0.29, 0.717) is 28.6 Å². The van der Waals surface area contributed by atoms with Gasteiger partial charge in [-0.3, -0.25) is 9.59 Å². The van der Waals surface area contributed by atoms with Crippen LogP contribution in [0.3, 0.4) is 0 Å². The Hall–Kier alpha value is -4.27. The van der Waals surface area contributed by atoms with Gasteiger partial charge in [0.25, 0.3) is 11.8 Å². The van der Waals surface area contributed by atoms with Crippen molar-refractivity contribution >= 4 is 40.0 Å². The van der Waals surface area contributed by atoms with Crippen LogP contribution in [-0.4, -0.2) is 59.1 Å². The second-order valence-corrected chi connectivity index (χ2v) is 9.45. The molecule has 0 radical (unpaired) electrons. The number of hydrogen-bond donors (Lipinski definition) is 1. The number of nitriles is 1. The molecule has 1 spiro atoms. The van der Waals surface area contributed by atoms with Crippen LogP contribution < -0.4 is 10.2 Å². The van der Waals surface area contributed by atoms with Crippen molar-refractivity contribution in [1.82, 2.24) is 4.90 Å². The first-order valence-corrected chi connectivity index (χ1v) is 11.5. The topological polar surface area (TPSA) is 93.5 Å². The highest BCUT2D eigenvalue weighted by atomic mass is 19.4. The first-order chi connectivity index (χ1) is 17.6. The number of anilines is 2. The molecule has 4 amide bonds. The van der Waals surface area contributed by atoms with Crippen LogP contribution in [-0.2, 0) is 15.8 Å². The van der Waals surface area contributed by atoms with Crippen LogP contribution in [0.5, 0.6) is 0 Å². The van der Waals surface area contributed by atoms with Crippen LogP contribution in [0, 0.1) is 11.3 Å². The van der Waals surface area contributed by atoms with Crippen LogP contribution in [0.4, 0.5) is 29.3 Å². The van der Waals surface area contributed by atoms with E-state index < -0.39 is 41.7 Å². The van der Waals surface area contributed by atoms with Gasteiger partial charge in [-0.15, -0.1) is 0 Å². The summed E-state index contributed by atoms with van der Waals surface area (Å²) in [5, 5.41) is 13.3. The van der Waals surface area contributed by atoms with Gasteiger partial charge in [0.1, 0.15) is 6.67 Å². The van der Waals surface area contributed by atoms with Gasteiger partial charge in [-0.1, -0.05) is 24.3 Å². The Morgan fingerprint density at radius 3 is 2.38 bits per heavy atom. The maximum absolute atomic E-state index is 14.0. The number of piperazine rings is 1. The van der Waals surface area contributed by atoms with Crippen LogP contribution in [0.2, 0.25) is 0 Å². The van der Waals surface area contributed by atoms with Crippen molar-refractivity contribution in [3.8, 4) is 6.07 Å². The Morgan fingerprint density at radius 1 is 1.00 bits per heavy atom. The molecule has 6 rings (SSSR count). The number of hydrogen-bond acceptors (Lipinski definition) is 5. The van der Waals surface area contributed by atoms with Crippen LogP contribution >= 0.6 is 0 Å². The monoisotopic (exact) mass is 506 g/mol. The molecule has 0 saturated carbocycles. The lowest BCUT2D eigenvalue weighted by molar-refractivity contribution is -0.852. The van der Waals surface area contributed by atoms with Crippen LogP contribution in [0.15, 0.2) is 60.7 Å². The van der Waals surface area contributed by atoms with Crippen molar-refractivity contribution in [1.29, 1.82) is 5.26 Å². The maximum atomic E-state index is 14.0. The number of carbonyl (C=O) groups is 3. The largest absolute Gasteiger partial charge is 0.433 e. The van der Waals surface area contributed by atoms with E-state index >= 15 is 0 Å². The second-order valence-electron chi connectivity index (χ2n) is 9.45. The summed E-state index contributed by atoms with van der Waals surface area (Å²) >= 11 is 0. The number of imide groups is 1. The Morgan fingerprint density at radius 2 is 1.70 bits per heavy atom. The van der Waals surface area contributed by atoms with Gasteiger partial charge in [0.15, 0.2) is 12.1 Å². The quantitative estimate of drug-likeness (QED) is 0.432. The lowest BCUT2D eigenvalue weighted by Crippen LogP contribution is -2.63. The van der Waals surface area contributed by atoms with Gasteiger partial charge in [0.2, 0.25) is 0 Å². The molecule has 3 aliphatic rings. The van der Waals surface area contributed by atoms with Gasteiger partial charge in [0.05, 0.1) is 36.0 Å². The molecule has 3 heterocycles. The number of urea groups is 1. The Balaban J connectivity index is 1.34. The molecule has 8 nitrogen and oxygen atoms in total. The fourth-order valence-electron chi connectivity index (χ4n) is 5.81. The smallest absolute Gasteiger partial charge is 0.321 e. The minimum atomic E-state index is -4.50. The second kappa shape index (κ2) is 7.86. The van der Waals surface area contributed by atoms with Crippen molar-refractivity contribution in [2.75, 3.05) is 30.0 Å². The van der Waals surface area contributed by atoms with Crippen LogP contribution in [0.1, 0.15) is 11.1 Å². The predicted octanol–water partition coefficient (Wildman–Crippen LogP) is 3.68. The van der Waals surface area contributed by atoms with Crippen LogP contribution in [0.25, 0.3) is 10.8 Å². The summed E-state index contributed by atoms with van der Waals surface area (Å²) < 4.78 is 38.3. The fourth-order valence-corrected chi connectivity index (χ4v) is 5.81. The summed E-state index contributed by atoms with van der Waals surface area (Å²) in [7, 11) is 0. The molecule has 0 aliphatic carbocycles. The average molecular weight is 506 g/mol. The highest BCUT2D eigenvalue weighted by molar-refractivity contribution is 6.22. The van der Waals surface area contributed by atoms with E-state index in [-0.39, 0.29) is 23.4 Å². The number of benzene rings is 3. The third kappa shape index (κ3) is 3.26. The number of halogens is 3. The van der Waals surface area contributed by atoms with Crippen molar-refractivity contribution < 1.29 is 32.0 Å². The number of rotatable bonds is 3. The van der Waals surface area contributed by atoms with Gasteiger partial charge in [-0.25, -0.2) is 14.2 Å². The minimum absolute atomic E-state index is 0.166. The van der Waals surface area contributed by atoms with E-state index in [4.69, 9.17) is 0 Å².